The molecule has 4 N–H and O–H groups in total. The van der Waals surface area contributed by atoms with Gasteiger partial charge < -0.3 is 25.8 Å². The number of nitrogens with zero attached hydrogens (tertiary/aromatic N) is 2. The normalized spacial score (nSPS) is 11.7. The molecule has 0 aliphatic carbocycles. The van der Waals surface area contributed by atoms with E-state index in [4.69, 9.17) is 27.1 Å². The van der Waals surface area contributed by atoms with E-state index in [0.717, 1.165) is 35.2 Å². The first-order valence-electron chi connectivity index (χ1n) is 13.0. The summed E-state index contributed by atoms with van der Waals surface area (Å²) in [5, 5.41) is 12.6. The maximum atomic E-state index is 13.2. The first kappa shape index (κ1) is 33.0. The molecule has 3 aromatic rings. The molecule has 0 unspecified atom stereocenters. The van der Waals surface area contributed by atoms with Crippen LogP contribution in [0.4, 0.5) is 0 Å². The molecule has 0 aliphatic heterocycles. The van der Waals surface area contributed by atoms with Crippen LogP contribution < -0.4 is 15.8 Å². The van der Waals surface area contributed by atoms with Gasteiger partial charge in [-0.1, -0.05) is 55.8 Å². The number of benzene rings is 2. The van der Waals surface area contributed by atoms with Crippen LogP contribution in [-0.2, 0) is 11.3 Å². The lowest BCUT2D eigenvalue weighted by Gasteiger charge is -2.21. The third-order valence-corrected chi connectivity index (χ3v) is 6.70. The highest BCUT2D eigenvalue weighted by Crippen LogP contribution is 2.36. The minimum absolute atomic E-state index is 0. The molecule has 1 amide bonds. The van der Waals surface area contributed by atoms with Gasteiger partial charge >= 0.3 is 5.97 Å². The number of nitrogens with one attached hydrogen (secondary N) is 1. The van der Waals surface area contributed by atoms with Gasteiger partial charge in [-0.15, -0.1) is 12.4 Å². The molecule has 10 heteroatoms. The first-order valence-corrected chi connectivity index (χ1v) is 13.4. The summed E-state index contributed by atoms with van der Waals surface area (Å²) >= 11 is 6.46. The minimum atomic E-state index is -0.976. The summed E-state index contributed by atoms with van der Waals surface area (Å²) in [5.74, 6) is -0.952. The predicted molar refractivity (Wildman–Crippen MR) is 162 cm³/mol. The van der Waals surface area contributed by atoms with Gasteiger partial charge in [0.2, 0.25) is 0 Å². The number of amides is 1. The van der Waals surface area contributed by atoms with Crippen molar-refractivity contribution in [3.63, 3.8) is 0 Å². The maximum Gasteiger partial charge on any atom is 0.305 e. The van der Waals surface area contributed by atoms with Crippen LogP contribution in [0, 0.1) is 5.92 Å². The highest BCUT2D eigenvalue weighted by molar-refractivity contribution is 6.32. The summed E-state index contributed by atoms with van der Waals surface area (Å²) in [6, 6.07) is 16.2. The molecule has 0 saturated carbocycles. The Morgan fingerprint density at radius 3 is 2.48 bits per heavy atom. The Bertz CT molecular complexity index is 1300. The van der Waals surface area contributed by atoms with E-state index in [1.807, 2.05) is 70.4 Å². The van der Waals surface area contributed by atoms with Crippen LogP contribution >= 0.6 is 24.0 Å². The number of carbonyl (C=O) groups excluding carboxylic acids is 1. The second kappa shape index (κ2) is 15.6. The number of aromatic nitrogens is 1. The van der Waals surface area contributed by atoms with Gasteiger partial charge in [0.25, 0.3) is 5.91 Å². The van der Waals surface area contributed by atoms with E-state index in [1.54, 1.807) is 12.1 Å². The molecule has 0 saturated heterocycles. The molecule has 8 nitrogen and oxygen atoms in total. The van der Waals surface area contributed by atoms with Gasteiger partial charge in [-0.05, 0) is 61.8 Å². The van der Waals surface area contributed by atoms with E-state index < -0.39 is 17.9 Å². The molecule has 216 valence electrons. The van der Waals surface area contributed by atoms with Crippen LogP contribution in [-0.4, -0.2) is 60.2 Å². The molecule has 1 heterocycles. The molecule has 0 aliphatic rings. The number of halogens is 2. The number of pyridine rings is 1. The molecule has 3 rings (SSSR count). The zero-order valence-corrected chi connectivity index (χ0v) is 24.9. The zero-order chi connectivity index (χ0) is 28.5. The summed E-state index contributed by atoms with van der Waals surface area (Å²) in [4.78, 5) is 31.4. The number of hydrogen-bond acceptors (Lipinski definition) is 6. The van der Waals surface area contributed by atoms with Gasteiger partial charge in [0.05, 0.1) is 23.7 Å². The van der Waals surface area contributed by atoms with Gasteiger partial charge in [0, 0.05) is 30.3 Å². The van der Waals surface area contributed by atoms with Crippen LogP contribution in [0.5, 0.6) is 5.75 Å². The van der Waals surface area contributed by atoms with Crippen molar-refractivity contribution in [2.24, 2.45) is 11.7 Å². The molecule has 0 fully saturated rings. The Kier molecular flexibility index (Phi) is 12.9. The predicted octanol–water partition coefficient (Wildman–Crippen LogP) is 5.51. The number of rotatable bonds is 13. The lowest BCUT2D eigenvalue weighted by atomic mass is 9.94. The third-order valence-electron chi connectivity index (χ3n) is 6.38. The number of hydrogen-bond donors (Lipinski definition) is 3. The fourth-order valence-electron chi connectivity index (χ4n) is 4.19. The van der Waals surface area contributed by atoms with Crippen molar-refractivity contribution in [3.8, 4) is 28.1 Å². The van der Waals surface area contributed by atoms with Crippen LogP contribution in [0.1, 0.15) is 42.7 Å². The van der Waals surface area contributed by atoms with Crippen LogP contribution in [0.2, 0.25) is 5.02 Å². The van der Waals surface area contributed by atoms with Crippen molar-refractivity contribution in [1.82, 2.24) is 15.2 Å². The Balaban J connectivity index is 0.00000560. The molecule has 0 bridgehead atoms. The van der Waals surface area contributed by atoms with Crippen LogP contribution in [0.15, 0.2) is 54.6 Å². The molecule has 1 aromatic heterocycles. The fourth-order valence-corrected chi connectivity index (χ4v) is 4.36. The van der Waals surface area contributed by atoms with Crippen LogP contribution in [0.25, 0.3) is 22.4 Å². The Morgan fingerprint density at radius 1 is 1.10 bits per heavy atom. The number of nitrogens with two attached hydrogens (primary N) is 1. The molecule has 0 radical (unpaired) electrons. The van der Waals surface area contributed by atoms with E-state index in [9.17, 15) is 14.7 Å². The average Bonchev–Trinajstić information content (AvgIpc) is 2.90. The van der Waals surface area contributed by atoms with Gasteiger partial charge in [0.1, 0.15) is 11.4 Å². The van der Waals surface area contributed by atoms with E-state index in [0.29, 0.717) is 29.6 Å². The first-order chi connectivity index (χ1) is 18.6. The van der Waals surface area contributed by atoms with Crippen LogP contribution in [0.3, 0.4) is 0 Å². The number of carboxylic acid groups (broad SMARTS) is 1. The van der Waals surface area contributed by atoms with Gasteiger partial charge in [0.15, 0.2) is 0 Å². The zero-order valence-electron chi connectivity index (χ0n) is 23.3. The Labute approximate surface area is 247 Å². The summed E-state index contributed by atoms with van der Waals surface area (Å²) in [5.41, 5.74) is 10.2. The summed E-state index contributed by atoms with van der Waals surface area (Å²) in [6.07, 6.45) is 0.661. The van der Waals surface area contributed by atoms with Gasteiger partial charge in [-0.3, -0.25) is 9.59 Å². The quantitative estimate of drug-likeness (QED) is 0.225. The van der Waals surface area contributed by atoms with Crippen molar-refractivity contribution in [2.75, 3.05) is 27.2 Å². The topological polar surface area (TPSA) is 118 Å². The fraction of sp³-hybridized carbons (Fsp3) is 0.367. The lowest BCUT2D eigenvalue weighted by molar-refractivity contribution is -0.137. The van der Waals surface area contributed by atoms with E-state index in [1.165, 1.54) is 0 Å². The number of ether oxygens (including phenoxy) is 1. The smallest absolute Gasteiger partial charge is 0.305 e. The van der Waals surface area contributed by atoms with E-state index in [2.05, 4.69) is 10.2 Å². The number of carbonyl (C=O) groups is 2. The average molecular weight is 590 g/mol. The second-order valence-electron chi connectivity index (χ2n) is 10.0. The molecular formula is C30H38Cl2N4O4. The highest BCUT2D eigenvalue weighted by atomic mass is 35.5. The number of aliphatic carboxylic acids is 1. The molecule has 0 spiro atoms. The number of carboxylic acids is 1. The molecule has 40 heavy (non-hydrogen) atoms. The van der Waals surface area contributed by atoms with E-state index >= 15 is 0 Å². The summed E-state index contributed by atoms with van der Waals surface area (Å²) in [7, 11) is 4.02. The van der Waals surface area contributed by atoms with Crippen molar-refractivity contribution in [3.05, 3.63) is 70.9 Å². The highest BCUT2D eigenvalue weighted by Gasteiger charge is 2.22. The monoisotopic (exact) mass is 588 g/mol. The Morgan fingerprint density at radius 2 is 1.82 bits per heavy atom. The summed E-state index contributed by atoms with van der Waals surface area (Å²) in [6.45, 7) is 5.46. The molecular weight excluding hydrogens is 551 g/mol. The van der Waals surface area contributed by atoms with Gasteiger partial charge in [-0.2, -0.15) is 0 Å². The minimum Gasteiger partial charge on any atom is -0.492 e. The SMILES string of the molecule is CC(C)[C@H](CC(=O)O)NC(=O)c1ccc(-c2ccccc2CN)c(-c2ccc(Cl)c(OCCCN(C)C)c2)n1.Cl. The second-order valence-corrected chi connectivity index (χ2v) is 10.4. The third kappa shape index (κ3) is 8.93. The van der Waals surface area contributed by atoms with Crippen molar-refractivity contribution < 1.29 is 19.4 Å². The lowest BCUT2D eigenvalue weighted by Crippen LogP contribution is -2.40. The van der Waals surface area contributed by atoms with Crippen molar-refractivity contribution >= 4 is 35.9 Å². The summed E-state index contributed by atoms with van der Waals surface area (Å²) < 4.78 is 5.99. The maximum absolute atomic E-state index is 13.2. The molecule has 1 atom stereocenters. The molecule has 2 aromatic carbocycles. The van der Waals surface area contributed by atoms with Crippen molar-refractivity contribution in [2.45, 2.75) is 39.3 Å². The largest absolute Gasteiger partial charge is 0.492 e. The van der Waals surface area contributed by atoms with Crippen molar-refractivity contribution in [1.29, 1.82) is 0 Å². The Hall–Kier alpha value is -3.17. The van der Waals surface area contributed by atoms with E-state index in [-0.39, 0.29) is 30.4 Å². The standard InChI is InChI=1S/C30H37ClN4O4.ClH/c1-19(2)26(17-28(36)37)34-30(38)25-13-11-23(22-9-6-5-8-21(22)18-32)29(33-25)20-10-12-24(31)27(16-20)39-15-7-14-35(3)4;/h5-6,8-13,16,19,26H,7,14-15,17-18,32H2,1-4H3,(H,34,38)(H,36,37);1H/t26-;/m0./s1. The van der Waals surface area contributed by atoms with Gasteiger partial charge in [-0.25, -0.2) is 4.98 Å².